The van der Waals surface area contributed by atoms with Crippen LogP contribution in [0.25, 0.3) is 6.08 Å². The Labute approximate surface area is 116 Å². The summed E-state index contributed by atoms with van der Waals surface area (Å²) in [4.78, 5) is 15.2. The molecular formula is C17H11NO2. The van der Waals surface area contributed by atoms with Crippen LogP contribution in [0.3, 0.4) is 0 Å². The van der Waals surface area contributed by atoms with E-state index in [1.807, 2.05) is 48.5 Å². The van der Waals surface area contributed by atoms with Crippen molar-refractivity contribution in [2.75, 3.05) is 6.61 Å². The smallest absolute Gasteiger partial charge is 0.270 e. The minimum Gasteiger partial charge on any atom is -0.481 e. The Morgan fingerprint density at radius 3 is 2.75 bits per heavy atom. The molecule has 1 heterocycles. The van der Waals surface area contributed by atoms with E-state index in [9.17, 15) is 4.79 Å². The average molecular weight is 261 g/mol. The third-order valence-corrected chi connectivity index (χ3v) is 2.86. The molecule has 3 rings (SSSR count). The SMILES string of the molecule is O=C1C=c2c(C#CCOc3ccccc3)cccc2=N1. The van der Waals surface area contributed by atoms with Crippen molar-refractivity contribution in [2.45, 2.75) is 0 Å². The van der Waals surface area contributed by atoms with Gasteiger partial charge >= 0.3 is 0 Å². The fraction of sp³-hybridized carbons (Fsp3) is 0.0588. The first kappa shape index (κ1) is 12.2. The lowest BCUT2D eigenvalue weighted by Crippen LogP contribution is -2.24. The zero-order valence-electron chi connectivity index (χ0n) is 10.7. The van der Waals surface area contributed by atoms with E-state index in [0.29, 0.717) is 12.0 Å². The summed E-state index contributed by atoms with van der Waals surface area (Å²) < 4.78 is 5.49. The molecule has 3 heteroatoms. The van der Waals surface area contributed by atoms with E-state index in [1.54, 1.807) is 0 Å². The molecule has 0 fully saturated rings. The largest absolute Gasteiger partial charge is 0.481 e. The third-order valence-electron chi connectivity index (χ3n) is 2.86. The van der Waals surface area contributed by atoms with Crippen LogP contribution in [0.4, 0.5) is 0 Å². The average Bonchev–Trinajstić information content (AvgIpc) is 2.86. The summed E-state index contributed by atoms with van der Waals surface area (Å²) >= 11 is 0. The van der Waals surface area contributed by atoms with Gasteiger partial charge in [0.05, 0.1) is 5.36 Å². The number of rotatable bonds is 2. The Bertz CT molecular complexity index is 827. The van der Waals surface area contributed by atoms with Crippen molar-refractivity contribution in [2.24, 2.45) is 4.99 Å². The summed E-state index contributed by atoms with van der Waals surface area (Å²) in [5, 5.41) is 1.48. The molecule has 96 valence electrons. The maximum Gasteiger partial charge on any atom is 0.270 e. The number of nitrogens with zero attached hydrogens (tertiary/aromatic N) is 1. The number of para-hydroxylation sites is 1. The predicted octanol–water partition coefficient (Wildman–Crippen LogP) is 1.06. The van der Waals surface area contributed by atoms with Crippen LogP contribution < -0.4 is 15.3 Å². The first-order valence-electron chi connectivity index (χ1n) is 6.23. The number of hydrogen-bond donors (Lipinski definition) is 0. The maximum atomic E-state index is 11.3. The van der Waals surface area contributed by atoms with Crippen LogP contribution in [0, 0.1) is 11.8 Å². The molecule has 2 aromatic carbocycles. The number of benzene rings is 2. The van der Waals surface area contributed by atoms with E-state index >= 15 is 0 Å². The molecule has 0 aromatic heterocycles. The van der Waals surface area contributed by atoms with Crippen LogP contribution in [-0.2, 0) is 4.79 Å². The van der Waals surface area contributed by atoms with Gasteiger partial charge in [0.15, 0.2) is 0 Å². The molecule has 3 nitrogen and oxygen atoms in total. The maximum absolute atomic E-state index is 11.3. The van der Waals surface area contributed by atoms with Gasteiger partial charge in [0.1, 0.15) is 12.4 Å². The fourth-order valence-electron chi connectivity index (χ4n) is 1.95. The second kappa shape index (κ2) is 5.41. The minimum atomic E-state index is -0.227. The van der Waals surface area contributed by atoms with E-state index in [0.717, 1.165) is 16.5 Å². The molecule has 0 atom stereocenters. The molecule has 2 aromatic rings. The minimum absolute atomic E-state index is 0.227. The molecule has 0 aliphatic carbocycles. The van der Waals surface area contributed by atoms with Crippen LogP contribution in [0.15, 0.2) is 53.5 Å². The molecule has 0 spiro atoms. The number of amides is 1. The second-order valence-electron chi connectivity index (χ2n) is 4.24. The number of hydrogen-bond acceptors (Lipinski definition) is 2. The van der Waals surface area contributed by atoms with E-state index in [-0.39, 0.29) is 5.91 Å². The Morgan fingerprint density at radius 1 is 1.05 bits per heavy atom. The van der Waals surface area contributed by atoms with Gasteiger partial charge < -0.3 is 4.74 Å². The van der Waals surface area contributed by atoms with Gasteiger partial charge in [-0.15, -0.1) is 0 Å². The van der Waals surface area contributed by atoms with E-state index in [2.05, 4.69) is 16.8 Å². The normalized spacial score (nSPS) is 11.7. The molecule has 0 saturated heterocycles. The molecule has 20 heavy (non-hydrogen) atoms. The molecule has 0 saturated carbocycles. The topological polar surface area (TPSA) is 38.7 Å². The molecular weight excluding hydrogens is 250 g/mol. The molecule has 0 unspecified atom stereocenters. The summed E-state index contributed by atoms with van der Waals surface area (Å²) in [6, 6.07) is 15.0. The van der Waals surface area contributed by atoms with Crippen LogP contribution in [0.1, 0.15) is 5.56 Å². The second-order valence-corrected chi connectivity index (χ2v) is 4.24. The zero-order valence-corrected chi connectivity index (χ0v) is 10.7. The van der Waals surface area contributed by atoms with Gasteiger partial charge in [-0.05, 0) is 24.3 Å². The first-order valence-corrected chi connectivity index (χ1v) is 6.23. The summed E-state index contributed by atoms with van der Waals surface area (Å²) in [7, 11) is 0. The van der Waals surface area contributed by atoms with E-state index < -0.39 is 0 Å². The summed E-state index contributed by atoms with van der Waals surface area (Å²) in [5.74, 6) is 6.53. The van der Waals surface area contributed by atoms with Crippen molar-refractivity contribution < 1.29 is 9.53 Å². The molecule has 1 aliphatic heterocycles. The predicted molar refractivity (Wildman–Crippen MR) is 75.5 cm³/mol. The van der Waals surface area contributed by atoms with Crippen molar-refractivity contribution in [1.29, 1.82) is 0 Å². The first-order chi connectivity index (χ1) is 9.83. The lowest BCUT2D eigenvalue weighted by atomic mass is 10.1. The van der Waals surface area contributed by atoms with Crippen molar-refractivity contribution in [1.82, 2.24) is 0 Å². The molecule has 0 N–H and O–H groups in total. The fourth-order valence-corrected chi connectivity index (χ4v) is 1.95. The number of carbonyl (C=O) groups excluding carboxylic acids is 1. The molecule has 0 bridgehead atoms. The highest BCUT2D eigenvalue weighted by Crippen LogP contribution is 2.07. The van der Waals surface area contributed by atoms with Gasteiger partial charge in [0.25, 0.3) is 5.91 Å². The Morgan fingerprint density at radius 2 is 1.90 bits per heavy atom. The van der Waals surface area contributed by atoms with Crippen LogP contribution in [-0.4, -0.2) is 12.5 Å². The zero-order chi connectivity index (χ0) is 13.8. The lowest BCUT2D eigenvalue weighted by molar-refractivity contribution is -0.112. The van der Waals surface area contributed by atoms with Crippen molar-refractivity contribution >= 4 is 12.0 Å². The van der Waals surface area contributed by atoms with Gasteiger partial charge in [-0.3, -0.25) is 4.79 Å². The van der Waals surface area contributed by atoms with Crippen molar-refractivity contribution in [3.05, 3.63) is 64.7 Å². The molecule has 1 amide bonds. The summed E-state index contributed by atoms with van der Waals surface area (Å²) in [5.41, 5.74) is 0.800. The highest BCUT2D eigenvalue weighted by Gasteiger charge is 2.04. The highest BCUT2D eigenvalue weighted by molar-refractivity contribution is 6.06. The van der Waals surface area contributed by atoms with Gasteiger partial charge in [0.2, 0.25) is 0 Å². The third kappa shape index (κ3) is 2.60. The quantitative estimate of drug-likeness (QED) is 0.758. The Hall–Kier alpha value is -2.86. The van der Waals surface area contributed by atoms with Crippen LogP contribution >= 0.6 is 0 Å². The molecule has 0 radical (unpaired) electrons. The van der Waals surface area contributed by atoms with Gasteiger partial charge in [0, 0.05) is 16.9 Å². The monoisotopic (exact) mass is 261 g/mol. The summed E-state index contributed by atoms with van der Waals surface area (Å²) in [6.45, 7) is 0.304. The van der Waals surface area contributed by atoms with E-state index in [1.165, 1.54) is 6.08 Å². The lowest BCUT2D eigenvalue weighted by Gasteiger charge is -1.99. The Balaban J connectivity index is 1.77. The van der Waals surface area contributed by atoms with Crippen molar-refractivity contribution in [3.63, 3.8) is 0 Å². The number of ether oxygens (including phenoxy) is 1. The van der Waals surface area contributed by atoms with Crippen LogP contribution in [0.2, 0.25) is 0 Å². The number of carbonyl (C=O) groups is 1. The highest BCUT2D eigenvalue weighted by atomic mass is 16.5. The Kier molecular flexibility index (Phi) is 3.30. The van der Waals surface area contributed by atoms with Crippen molar-refractivity contribution in [3.8, 4) is 17.6 Å². The van der Waals surface area contributed by atoms with Gasteiger partial charge in [-0.2, -0.15) is 0 Å². The van der Waals surface area contributed by atoms with Gasteiger partial charge in [-0.1, -0.05) is 36.1 Å². The summed E-state index contributed by atoms with van der Waals surface area (Å²) in [6.07, 6.45) is 1.51. The van der Waals surface area contributed by atoms with E-state index in [4.69, 9.17) is 4.74 Å². The van der Waals surface area contributed by atoms with Gasteiger partial charge in [-0.25, -0.2) is 4.99 Å². The van der Waals surface area contributed by atoms with Crippen LogP contribution in [0.5, 0.6) is 5.75 Å². The number of fused-ring (bicyclic) bond motifs is 1. The standard InChI is InChI=1S/C17H11NO2/c19-17-12-15-13(6-4-10-16(15)18-17)7-5-11-20-14-8-2-1-3-9-14/h1-4,6,8-10,12H,11H2. The molecule has 1 aliphatic rings.